The van der Waals surface area contributed by atoms with Crippen LogP contribution in [0.3, 0.4) is 0 Å². The van der Waals surface area contributed by atoms with Gasteiger partial charge in [0.05, 0.1) is 0 Å². The maximum atomic E-state index is 5.39. The molecule has 4 nitrogen and oxygen atoms in total. The minimum atomic E-state index is 0.517. The second-order valence-electron chi connectivity index (χ2n) is 4.22. The van der Waals surface area contributed by atoms with Gasteiger partial charge in [-0.25, -0.2) is 5.84 Å². The third-order valence-electron chi connectivity index (χ3n) is 2.07. The smallest absolute Gasteiger partial charge is 0.210 e. The fraction of sp³-hybridized carbons (Fsp3) is 0.417. The lowest BCUT2D eigenvalue weighted by Gasteiger charge is -2.10. The van der Waals surface area contributed by atoms with E-state index in [-0.39, 0.29) is 0 Å². The molecule has 0 atom stereocenters. The summed E-state index contributed by atoms with van der Waals surface area (Å²) in [6.07, 6.45) is 0. The minimum Gasteiger partial charge on any atom is -0.325 e. The van der Waals surface area contributed by atoms with Crippen molar-refractivity contribution in [3.63, 3.8) is 0 Å². The normalized spacial score (nSPS) is 11.7. The zero-order chi connectivity index (χ0) is 12.0. The van der Waals surface area contributed by atoms with Crippen molar-refractivity contribution in [1.82, 2.24) is 5.43 Å². The maximum absolute atomic E-state index is 5.39. The topological polar surface area (TPSA) is 62.4 Å². The van der Waals surface area contributed by atoms with Crippen LogP contribution >= 0.6 is 0 Å². The SMILES string of the molecule is Cc1ccc(NC(=NCC(C)C)NN)cc1. The number of hydrazine groups is 1. The van der Waals surface area contributed by atoms with Crippen LogP contribution in [0.5, 0.6) is 0 Å². The summed E-state index contributed by atoms with van der Waals surface area (Å²) in [5.41, 5.74) is 4.77. The second kappa shape index (κ2) is 6.12. The Balaban J connectivity index is 2.62. The molecule has 0 radical (unpaired) electrons. The van der Waals surface area contributed by atoms with E-state index in [4.69, 9.17) is 5.84 Å². The van der Waals surface area contributed by atoms with Crippen molar-refractivity contribution in [3.8, 4) is 0 Å². The van der Waals surface area contributed by atoms with Crippen molar-refractivity contribution in [1.29, 1.82) is 0 Å². The number of anilines is 1. The number of benzene rings is 1. The highest BCUT2D eigenvalue weighted by molar-refractivity contribution is 5.93. The lowest BCUT2D eigenvalue weighted by molar-refractivity contribution is 0.663. The average Bonchev–Trinajstić information content (AvgIpc) is 2.26. The quantitative estimate of drug-likeness (QED) is 0.315. The van der Waals surface area contributed by atoms with E-state index in [2.05, 4.69) is 36.5 Å². The Bertz CT molecular complexity index is 341. The highest BCUT2D eigenvalue weighted by Gasteiger charge is 1.98. The number of nitrogens with two attached hydrogens (primary N) is 1. The first kappa shape index (κ1) is 12.5. The third kappa shape index (κ3) is 4.31. The number of rotatable bonds is 3. The van der Waals surface area contributed by atoms with Gasteiger partial charge in [-0.3, -0.25) is 10.4 Å². The van der Waals surface area contributed by atoms with Crippen LogP contribution < -0.4 is 16.6 Å². The van der Waals surface area contributed by atoms with E-state index < -0.39 is 0 Å². The summed E-state index contributed by atoms with van der Waals surface area (Å²) in [5.74, 6) is 6.51. The highest BCUT2D eigenvalue weighted by atomic mass is 15.3. The van der Waals surface area contributed by atoms with Gasteiger partial charge in [-0.05, 0) is 25.0 Å². The zero-order valence-electron chi connectivity index (χ0n) is 10.1. The summed E-state index contributed by atoms with van der Waals surface area (Å²) in [5, 5.41) is 3.13. The summed E-state index contributed by atoms with van der Waals surface area (Å²) in [7, 11) is 0. The van der Waals surface area contributed by atoms with Gasteiger partial charge in [0.15, 0.2) is 0 Å². The molecule has 0 fully saturated rings. The molecule has 0 heterocycles. The molecule has 0 aliphatic rings. The number of aliphatic imine (C=N–C) groups is 1. The van der Waals surface area contributed by atoms with Gasteiger partial charge < -0.3 is 5.32 Å². The molecule has 88 valence electrons. The fourth-order valence-electron chi connectivity index (χ4n) is 1.17. The van der Waals surface area contributed by atoms with E-state index >= 15 is 0 Å². The van der Waals surface area contributed by atoms with Crippen LogP contribution in [0.4, 0.5) is 5.69 Å². The minimum absolute atomic E-state index is 0.517. The average molecular weight is 220 g/mol. The molecule has 0 spiro atoms. The van der Waals surface area contributed by atoms with Crippen molar-refractivity contribution in [2.24, 2.45) is 16.8 Å². The second-order valence-corrected chi connectivity index (χ2v) is 4.22. The molecule has 16 heavy (non-hydrogen) atoms. The van der Waals surface area contributed by atoms with E-state index in [1.807, 2.05) is 24.3 Å². The zero-order valence-corrected chi connectivity index (χ0v) is 10.1. The first-order valence-corrected chi connectivity index (χ1v) is 5.46. The number of hydrogen-bond donors (Lipinski definition) is 3. The monoisotopic (exact) mass is 220 g/mol. The molecule has 0 saturated carbocycles. The maximum Gasteiger partial charge on any atom is 0.210 e. The van der Waals surface area contributed by atoms with E-state index in [1.54, 1.807) is 0 Å². The van der Waals surface area contributed by atoms with Gasteiger partial charge in [0.1, 0.15) is 0 Å². The van der Waals surface area contributed by atoms with Crippen LogP contribution in [0.25, 0.3) is 0 Å². The van der Waals surface area contributed by atoms with Gasteiger partial charge in [-0.1, -0.05) is 31.5 Å². The van der Waals surface area contributed by atoms with E-state index in [9.17, 15) is 0 Å². The third-order valence-corrected chi connectivity index (χ3v) is 2.07. The molecule has 0 bridgehead atoms. The molecular formula is C12H20N4. The summed E-state index contributed by atoms with van der Waals surface area (Å²) in [4.78, 5) is 4.33. The van der Waals surface area contributed by atoms with Gasteiger partial charge in [0, 0.05) is 12.2 Å². The molecule has 4 heteroatoms. The van der Waals surface area contributed by atoms with Gasteiger partial charge >= 0.3 is 0 Å². The summed E-state index contributed by atoms with van der Waals surface area (Å²) < 4.78 is 0. The summed E-state index contributed by atoms with van der Waals surface area (Å²) in [6, 6.07) is 8.08. The lowest BCUT2D eigenvalue weighted by Crippen LogP contribution is -2.36. The Kier molecular flexibility index (Phi) is 4.79. The van der Waals surface area contributed by atoms with E-state index in [0.717, 1.165) is 12.2 Å². The van der Waals surface area contributed by atoms with Crippen molar-refractivity contribution in [2.45, 2.75) is 20.8 Å². The van der Waals surface area contributed by atoms with Crippen LogP contribution in [0, 0.1) is 12.8 Å². The number of nitrogens with zero attached hydrogens (tertiary/aromatic N) is 1. The largest absolute Gasteiger partial charge is 0.325 e. The predicted octanol–water partition coefficient (Wildman–Crippen LogP) is 1.88. The molecule has 1 aromatic rings. The number of hydrogen-bond acceptors (Lipinski definition) is 2. The van der Waals surface area contributed by atoms with Gasteiger partial charge in [-0.2, -0.15) is 0 Å². The molecule has 4 N–H and O–H groups in total. The summed E-state index contributed by atoms with van der Waals surface area (Å²) in [6.45, 7) is 7.03. The van der Waals surface area contributed by atoms with E-state index in [0.29, 0.717) is 11.9 Å². The van der Waals surface area contributed by atoms with Crippen molar-refractivity contribution in [3.05, 3.63) is 29.8 Å². The Hall–Kier alpha value is -1.55. The van der Waals surface area contributed by atoms with Crippen LogP contribution in [0.1, 0.15) is 19.4 Å². The highest BCUT2D eigenvalue weighted by Crippen LogP contribution is 2.08. The lowest BCUT2D eigenvalue weighted by atomic mass is 10.2. The molecule has 0 unspecified atom stereocenters. The Morgan fingerprint density at radius 1 is 1.31 bits per heavy atom. The van der Waals surface area contributed by atoms with Crippen LogP contribution in [-0.4, -0.2) is 12.5 Å². The Morgan fingerprint density at radius 3 is 2.44 bits per heavy atom. The Morgan fingerprint density at radius 2 is 1.94 bits per heavy atom. The molecule has 0 amide bonds. The van der Waals surface area contributed by atoms with Crippen molar-refractivity contribution >= 4 is 11.6 Å². The number of aryl methyl sites for hydroxylation is 1. The van der Waals surface area contributed by atoms with E-state index in [1.165, 1.54) is 5.56 Å². The van der Waals surface area contributed by atoms with Gasteiger partial charge in [0.2, 0.25) is 5.96 Å². The van der Waals surface area contributed by atoms with Crippen molar-refractivity contribution < 1.29 is 0 Å². The van der Waals surface area contributed by atoms with Crippen LogP contribution in [0.15, 0.2) is 29.3 Å². The van der Waals surface area contributed by atoms with Crippen LogP contribution in [-0.2, 0) is 0 Å². The molecule has 0 aliphatic heterocycles. The number of guanidine groups is 1. The first-order valence-electron chi connectivity index (χ1n) is 5.46. The fourth-order valence-corrected chi connectivity index (χ4v) is 1.17. The summed E-state index contributed by atoms with van der Waals surface area (Å²) >= 11 is 0. The molecule has 1 rings (SSSR count). The molecule has 0 saturated heterocycles. The predicted molar refractivity (Wildman–Crippen MR) is 69.3 cm³/mol. The van der Waals surface area contributed by atoms with Crippen molar-refractivity contribution in [2.75, 3.05) is 11.9 Å². The standard InChI is InChI=1S/C12H20N4/c1-9(2)8-14-12(16-13)15-11-6-4-10(3)5-7-11/h4-7,9H,8,13H2,1-3H3,(H2,14,15,16). The molecule has 0 aromatic heterocycles. The Labute approximate surface area is 96.9 Å². The molecule has 0 aliphatic carbocycles. The number of nitrogens with one attached hydrogen (secondary N) is 2. The van der Waals surface area contributed by atoms with Gasteiger partial charge in [0.25, 0.3) is 0 Å². The molecule has 1 aromatic carbocycles. The van der Waals surface area contributed by atoms with Crippen LogP contribution in [0.2, 0.25) is 0 Å². The molecular weight excluding hydrogens is 200 g/mol. The van der Waals surface area contributed by atoms with Gasteiger partial charge in [-0.15, -0.1) is 0 Å². The first-order chi connectivity index (χ1) is 7.61.